The van der Waals surface area contributed by atoms with Crippen molar-refractivity contribution in [2.45, 2.75) is 72.1 Å². The summed E-state index contributed by atoms with van der Waals surface area (Å²) in [6.45, 7) is 18.8. The molecule has 0 fully saturated rings. The van der Waals surface area contributed by atoms with E-state index in [1.54, 1.807) is 0 Å². The van der Waals surface area contributed by atoms with Crippen molar-refractivity contribution in [3.05, 3.63) is 166 Å². The molecule has 0 amide bonds. The summed E-state index contributed by atoms with van der Waals surface area (Å²) in [5.41, 5.74) is 19.4. The normalized spacial score (nSPS) is 19.1. The van der Waals surface area contributed by atoms with Crippen molar-refractivity contribution >= 4 is 44.5 Å². The highest BCUT2D eigenvalue weighted by Gasteiger charge is 2.38. The minimum atomic E-state index is -0.133. The van der Waals surface area contributed by atoms with Crippen LogP contribution in [0.3, 0.4) is 0 Å². The summed E-state index contributed by atoms with van der Waals surface area (Å²) in [5, 5.41) is 8.08. The molecular weight excluding hydrogens is 661 g/mol. The van der Waals surface area contributed by atoms with Gasteiger partial charge in [-0.3, -0.25) is 0 Å². The molecular formula is C55H48. The molecule has 0 saturated carbocycles. The summed E-state index contributed by atoms with van der Waals surface area (Å²) in [6.07, 6.45) is 14.6. The van der Waals surface area contributed by atoms with Crippen LogP contribution in [0.15, 0.2) is 133 Å². The van der Waals surface area contributed by atoms with Crippen molar-refractivity contribution in [1.82, 2.24) is 0 Å². The summed E-state index contributed by atoms with van der Waals surface area (Å²) in [7, 11) is 0. The largest absolute Gasteiger partial charge is 0.0760 e. The van der Waals surface area contributed by atoms with E-state index < -0.39 is 0 Å². The van der Waals surface area contributed by atoms with Gasteiger partial charge in [0.25, 0.3) is 0 Å². The van der Waals surface area contributed by atoms with Crippen molar-refractivity contribution in [1.29, 1.82) is 0 Å². The second kappa shape index (κ2) is 10.9. The first kappa shape index (κ1) is 32.9. The van der Waals surface area contributed by atoms with Gasteiger partial charge in [-0.15, -0.1) is 0 Å². The first-order valence-electron chi connectivity index (χ1n) is 20.2. The zero-order valence-electron chi connectivity index (χ0n) is 33.4. The summed E-state index contributed by atoms with van der Waals surface area (Å²) in [6, 6.07) is 38.1. The zero-order valence-corrected chi connectivity index (χ0v) is 33.4. The SMILES string of the molecule is CC(C)(C)C1=CC2C=Cc3ccc(-c4ccc5c(c4)C(C)(C)c4cc(-c6ccc7ccc8cc(C(C)(C)C)cc9ccc6c7c89)ccc4-5)c4c3C2C(=C1)C=C4. The Balaban J connectivity index is 0.999. The van der Waals surface area contributed by atoms with Crippen molar-refractivity contribution in [3.63, 3.8) is 0 Å². The van der Waals surface area contributed by atoms with E-state index in [0.717, 1.165) is 0 Å². The molecule has 0 aromatic heterocycles. The Bertz CT molecular complexity index is 2930. The maximum Gasteiger partial charge on any atom is 0.0199 e. The lowest BCUT2D eigenvalue weighted by molar-refractivity contribution is 0.499. The molecule has 0 N–H and O–H groups in total. The van der Waals surface area contributed by atoms with Crippen molar-refractivity contribution < 1.29 is 0 Å². The number of hydrogen-bond acceptors (Lipinski definition) is 0. The molecule has 7 aromatic rings. The Labute approximate surface area is 326 Å². The highest BCUT2D eigenvalue weighted by molar-refractivity contribution is 6.25. The molecule has 4 aliphatic carbocycles. The maximum atomic E-state index is 2.53. The molecule has 4 aliphatic rings. The van der Waals surface area contributed by atoms with E-state index in [0.29, 0.717) is 11.8 Å². The number of hydrogen-bond donors (Lipinski definition) is 0. The van der Waals surface area contributed by atoms with Gasteiger partial charge in [-0.05, 0) is 133 Å². The molecule has 55 heavy (non-hydrogen) atoms. The fourth-order valence-electron chi connectivity index (χ4n) is 10.5. The lowest BCUT2D eigenvalue weighted by atomic mass is 9.65. The Hall–Kier alpha value is -5.46. The Kier molecular flexibility index (Phi) is 6.50. The monoisotopic (exact) mass is 708 g/mol. The van der Waals surface area contributed by atoms with Crippen molar-refractivity contribution in [3.8, 4) is 33.4 Å². The van der Waals surface area contributed by atoms with Crippen molar-refractivity contribution in [2.75, 3.05) is 0 Å². The lowest BCUT2D eigenvalue weighted by Gasteiger charge is -2.39. The highest BCUT2D eigenvalue weighted by Crippen LogP contribution is 2.54. The Morgan fingerprint density at radius 3 is 1.85 bits per heavy atom. The maximum absolute atomic E-state index is 2.53. The third-order valence-electron chi connectivity index (χ3n) is 13.6. The van der Waals surface area contributed by atoms with Crippen LogP contribution >= 0.6 is 0 Å². The topological polar surface area (TPSA) is 0 Å². The molecule has 0 nitrogen and oxygen atoms in total. The fraction of sp³-hybridized carbons (Fsp3) is 0.236. The van der Waals surface area contributed by atoms with Gasteiger partial charge in [-0.1, -0.05) is 177 Å². The second-order valence-electron chi connectivity index (χ2n) is 19.4. The third-order valence-corrected chi connectivity index (χ3v) is 13.6. The van der Waals surface area contributed by atoms with Crippen LogP contribution in [0.5, 0.6) is 0 Å². The van der Waals surface area contributed by atoms with E-state index in [1.807, 2.05) is 0 Å². The molecule has 2 unspecified atom stereocenters. The lowest BCUT2D eigenvalue weighted by Crippen LogP contribution is -2.24. The van der Waals surface area contributed by atoms with Crippen LogP contribution in [0.1, 0.15) is 94.7 Å². The summed E-state index contributed by atoms with van der Waals surface area (Å²) >= 11 is 0. The van der Waals surface area contributed by atoms with Crippen LogP contribution in [0, 0.1) is 11.3 Å². The van der Waals surface area contributed by atoms with E-state index in [2.05, 4.69) is 189 Å². The molecule has 0 heteroatoms. The van der Waals surface area contributed by atoms with Crippen LogP contribution in [0.4, 0.5) is 0 Å². The van der Waals surface area contributed by atoms with E-state index in [-0.39, 0.29) is 16.2 Å². The smallest absolute Gasteiger partial charge is 0.0199 e. The van der Waals surface area contributed by atoms with Gasteiger partial charge >= 0.3 is 0 Å². The minimum Gasteiger partial charge on any atom is -0.0760 e. The number of benzene rings is 7. The summed E-state index contributed by atoms with van der Waals surface area (Å²) < 4.78 is 0. The van der Waals surface area contributed by atoms with Gasteiger partial charge in [-0.2, -0.15) is 0 Å². The van der Waals surface area contributed by atoms with E-state index in [9.17, 15) is 0 Å². The van der Waals surface area contributed by atoms with Gasteiger partial charge in [0, 0.05) is 17.3 Å². The van der Waals surface area contributed by atoms with Crippen LogP contribution in [0.2, 0.25) is 0 Å². The standard InChI is InChI=1S/C55H48/c1-53(2,3)39-25-35-11-9-31-13-19-41(45-23-17-37(27-39)49(35)51(31)45)33-15-21-43-44-22-16-34(30-48(44)55(7,8)47(43)29-33)42-20-14-32-10-12-36-26-40(54(4,5)6)28-38-18-24-46(42)52(32)50(36)38/h9-30,35,49H,1-8H3. The van der Waals surface area contributed by atoms with E-state index >= 15 is 0 Å². The van der Waals surface area contributed by atoms with Gasteiger partial charge in [0.15, 0.2) is 0 Å². The van der Waals surface area contributed by atoms with Gasteiger partial charge in [-0.25, -0.2) is 0 Å². The second-order valence-corrected chi connectivity index (χ2v) is 19.4. The number of fused-ring (bicyclic) bond motifs is 3. The first-order valence-corrected chi connectivity index (χ1v) is 20.2. The minimum absolute atomic E-state index is 0.103. The Morgan fingerprint density at radius 1 is 0.545 bits per heavy atom. The molecule has 0 bridgehead atoms. The summed E-state index contributed by atoms with van der Waals surface area (Å²) in [4.78, 5) is 0. The Morgan fingerprint density at radius 2 is 1.16 bits per heavy atom. The predicted octanol–water partition coefficient (Wildman–Crippen LogP) is 15.2. The van der Waals surface area contributed by atoms with E-state index in [4.69, 9.17) is 0 Å². The summed E-state index contributed by atoms with van der Waals surface area (Å²) in [5.74, 6) is 0.790. The quantitative estimate of drug-likeness (QED) is 0.157. The number of allylic oxidation sites excluding steroid dienone is 6. The average molecular weight is 709 g/mol. The van der Waals surface area contributed by atoms with Crippen LogP contribution in [0.25, 0.3) is 77.9 Å². The molecule has 0 heterocycles. The van der Waals surface area contributed by atoms with Gasteiger partial charge in [0.1, 0.15) is 0 Å². The molecule has 0 saturated heterocycles. The molecule has 2 atom stereocenters. The predicted molar refractivity (Wildman–Crippen MR) is 237 cm³/mol. The molecule has 0 aliphatic heterocycles. The van der Waals surface area contributed by atoms with Gasteiger partial charge in [0.2, 0.25) is 0 Å². The molecule has 268 valence electrons. The van der Waals surface area contributed by atoms with Crippen LogP contribution < -0.4 is 0 Å². The molecule has 0 spiro atoms. The number of rotatable bonds is 2. The molecule has 11 rings (SSSR count). The first-order chi connectivity index (χ1) is 26.3. The fourth-order valence-corrected chi connectivity index (χ4v) is 10.5. The molecule has 0 radical (unpaired) electrons. The van der Waals surface area contributed by atoms with Gasteiger partial charge in [0.05, 0.1) is 0 Å². The van der Waals surface area contributed by atoms with E-state index in [1.165, 1.54) is 110 Å². The van der Waals surface area contributed by atoms with Gasteiger partial charge < -0.3 is 0 Å². The highest BCUT2D eigenvalue weighted by atomic mass is 14.4. The van der Waals surface area contributed by atoms with Crippen molar-refractivity contribution in [2.24, 2.45) is 11.3 Å². The molecule has 7 aromatic carbocycles. The average Bonchev–Trinajstić information content (AvgIpc) is 3.39. The zero-order chi connectivity index (χ0) is 37.8. The van der Waals surface area contributed by atoms with Crippen LogP contribution in [-0.4, -0.2) is 0 Å². The van der Waals surface area contributed by atoms with Crippen LogP contribution in [-0.2, 0) is 10.8 Å². The third kappa shape index (κ3) is 4.64.